The number of benzene rings is 1. The third-order valence-electron chi connectivity index (χ3n) is 4.60. The Morgan fingerprint density at radius 1 is 1.12 bits per heavy atom. The summed E-state index contributed by atoms with van der Waals surface area (Å²) in [6.07, 6.45) is 5.46. The monoisotopic (exact) mass is 334 g/mol. The smallest absolute Gasteiger partial charge is 0.258 e. The van der Waals surface area contributed by atoms with Gasteiger partial charge in [-0.2, -0.15) is 4.98 Å². The lowest BCUT2D eigenvalue weighted by Crippen LogP contribution is -2.02. The fraction of sp³-hybridized carbons (Fsp3) is 0.350. The minimum atomic E-state index is 0.247. The Morgan fingerprint density at radius 3 is 2.84 bits per heavy atom. The van der Waals surface area contributed by atoms with Gasteiger partial charge in [0.15, 0.2) is 5.82 Å². The zero-order valence-electron chi connectivity index (χ0n) is 14.6. The van der Waals surface area contributed by atoms with Crippen molar-refractivity contribution in [3.63, 3.8) is 0 Å². The maximum atomic E-state index is 5.36. The van der Waals surface area contributed by atoms with Crippen LogP contribution in [0, 0.1) is 0 Å². The van der Waals surface area contributed by atoms with Crippen molar-refractivity contribution in [2.75, 3.05) is 5.32 Å². The van der Waals surface area contributed by atoms with Crippen molar-refractivity contribution >= 4 is 5.82 Å². The summed E-state index contributed by atoms with van der Waals surface area (Å²) >= 11 is 0. The van der Waals surface area contributed by atoms with Crippen molar-refractivity contribution in [3.8, 4) is 11.5 Å². The molecule has 1 aromatic carbocycles. The number of nitrogens with zero attached hydrogens (tertiary/aromatic N) is 3. The number of aryl methyl sites for hydroxylation is 2. The second-order valence-electron chi connectivity index (χ2n) is 6.85. The number of pyridine rings is 1. The average molecular weight is 334 g/mol. The lowest BCUT2D eigenvalue weighted by molar-refractivity contribution is 0.419. The summed E-state index contributed by atoms with van der Waals surface area (Å²) in [5.41, 5.74) is 5.16. The van der Waals surface area contributed by atoms with E-state index in [-0.39, 0.29) is 5.92 Å². The molecule has 0 spiro atoms. The molecule has 0 saturated heterocycles. The number of rotatable bonds is 5. The van der Waals surface area contributed by atoms with Crippen LogP contribution in [0.2, 0.25) is 0 Å². The molecule has 2 aromatic heterocycles. The van der Waals surface area contributed by atoms with E-state index in [1.54, 1.807) is 6.20 Å². The normalized spacial score (nSPS) is 13.2. The Balaban J connectivity index is 1.48. The highest BCUT2D eigenvalue weighted by Gasteiger charge is 2.13. The summed E-state index contributed by atoms with van der Waals surface area (Å²) in [4.78, 5) is 8.84. The number of hydrogen-bond donors (Lipinski definition) is 1. The zero-order valence-corrected chi connectivity index (χ0v) is 14.6. The first-order chi connectivity index (χ1) is 12.2. The summed E-state index contributed by atoms with van der Waals surface area (Å²) in [7, 11) is 0. The van der Waals surface area contributed by atoms with Gasteiger partial charge in [-0.15, -0.1) is 0 Å². The van der Waals surface area contributed by atoms with Crippen LogP contribution in [0.5, 0.6) is 0 Å². The molecule has 1 N–H and O–H groups in total. The van der Waals surface area contributed by atoms with E-state index in [9.17, 15) is 0 Å². The Bertz CT molecular complexity index is 885. The van der Waals surface area contributed by atoms with E-state index in [0.29, 0.717) is 5.89 Å². The van der Waals surface area contributed by atoms with Crippen LogP contribution in [-0.2, 0) is 19.4 Å². The molecule has 0 bridgehead atoms. The van der Waals surface area contributed by atoms with E-state index in [1.165, 1.54) is 36.0 Å². The Morgan fingerprint density at radius 2 is 2.00 bits per heavy atom. The van der Waals surface area contributed by atoms with Crippen LogP contribution >= 0.6 is 0 Å². The Kier molecular flexibility index (Phi) is 4.22. The van der Waals surface area contributed by atoms with Crippen molar-refractivity contribution in [3.05, 3.63) is 59.0 Å². The molecular weight excluding hydrogens is 312 g/mol. The molecule has 1 aliphatic rings. The standard InChI is InChI=1S/C20H22N4O/c1-13(2)19-23-20(25-24-19)17-8-9-21-18(11-17)22-12-14-6-7-15-4-3-5-16(15)10-14/h6-11,13H,3-5,12H2,1-2H3,(H,21,22). The molecule has 0 atom stereocenters. The first-order valence-electron chi connectivity index (χ1n) is 8.83. The Hall–Kier alpha value is -2.69. The third-order valence-corrected chi connectivity index (χ3v) is 4.60. The van der Waals surface area contributed by atoms with Crippen LogP contribution in [-0.4, -0.2) is 15.1 Å². The molecule has 0 radical (unpaired) electrons. The topological polar surface area (TPSA) is 63.8 Å². The highest BCUT2D eigenvalue weighted by Crippen LogP contribution is 2.24. The quantitative estimate of drug-likeness (QED) is 0.751. The average Bonchev–Trinajstić information content (AvgIpc) is 3.29. The van der Waals surface area contributed by atoms with E-state index in [0.717, 1.165) is 23.8 Å². The molecule has 0 amide bonds. The first kappa shape index (κ1) is 15.8. The van der Waals surface area contributed by atoms with Gasteiger partial charge in [0.05, 0.1) is 0 Å². The van der Waals surface area contributed by atoms with Gasteiger partial charge in [0.25, 0.3) is 5.89 Å². The minimum absolute atomic E-state index is 0.247. The van der Waals surface area contributed by atoms with Crippen molar-refractivity contribution in [1.29, 1.82) is 0 Å². The summed E-state index contributed by atoms with van der Waals surface area (Å²) in [6, 6.07) is 10.6. The molecule has 128 valence electrons. The number of anilines is 1. The Labute approximate surface area is 147 Å². The van der Waals surface area contributed by atoms with Gasteiger partial charge < -0.3 is 9.84 Å². The predicted molar refractivity (Wildman–Crippen MR) is 97.4 cm³/mol. The number of aromatic nitrogens is 3. The van der Waals surface area contributed by atoms with E-state index >= 15 is 0 Å². The molecule has 3 aromatic rings. The molecule has 25 heavy (non-hydrogen) atoms. The van der Waals surface area contributed by atoms with Gasteiger partial charge in [-0.25, -0.2) is 4.98 Å². The van der Waals surface area contributed by atoms with Gasteiger partial charge in [-0.05, 0) is 48.1 Å². The molecule has 0 aliphatic heterocycles. The molecule has 0 saturated carbocycles. The summed E-state index contributed by atoms with van der Waals surface area (Å²) in [5, 5.41) is 7.41. The SMILES string of the molecule is CC(C)c1noc(-c2ccnc(NCc3ccc4c(c3)CCC4)c2)n1. The lowest BCUT2D eigenvalue weighted by Gasteiger charge is -2.08. The highest BCUT2D eigenvalue weighted by molar-refractivity contribution is 5.58. The van der Waals surface area contributed by atoms with E-state index in [2.05, 4.69) is 38.6 Å². The maximum absolute atomic E-state index is 5.36. The second kappa shape index (κ2) is 6.67. The maximum Gasteiger partial charge on any atom is 0.258 e. The molecule has 0 fully saturated rings. The third kappa shape index (κ3) is 3.40. The van der Waals surface area contributed by atoms with Crippen molar-refractivity contribution in [2.45, 2.75) is 45.6 Å². The van der Waals surface area contributed by atoms with Crippen molar-refractivity contribution in [2.24, 2.45) is 0 Å². The summed E-state index contributed by atoms with van der Waals surface area (Å²) < 4.78 is 5.36. The molecule has 5 heteroatoms. The summed E-state index contributed by atoms with van der Waals surface area (Å²) in [5.74, 6) is 2.31. The van der Waals surface area contributed by atoms with Gasteiger partial charge in [-0.1, -0.05) is 37.2 Å². The van der Waals surface area contributed by atoms with Crippen LogP contribution in [0.15, 0.2) is 41.1 Å². The summed E-state index contributed by atoms with van der Waals surface area (Å²) in [6.45, 7) is 4.85. The molecule has 0 unspecified atom stereocenters. The second-order valence-corrected chi connectivity index (χ2v) is 6.85. The molecule has 1 aliphatic carbocycles. The van der Waals surface area contributed by atoms with Gasteiger partial charge in [0, 0.05) is 24.2 Å². The molecular formula is C20H22N4O. The van der Waals surface area contributed by atoms with Gasteiger partial charge in [0.2, 0.25) is 0 Å². The first-order valence-corrected chi connectivity index (χ1v) is 8.83. The number of nitrogens with one attached hydrogen (secondary N) is 1. The van der Waals surface area contributed by atoms with Crippen LogP contribution < -0.4 is 5.32 Å². The zero-order chi connectivity index (χ0) is 17.2. The number of hydrogen-bond acceptors (Lipinski definition) is 5. The van der Waals surface area contributed by atoms with Crippen LogP contribution in [0.4, 0.5) is 5.82 Å². The highest BCUT2D eigenvalue weighted by atomic mass is 16.5. The molecule has 4 rings (SSSR count). The fourth-order valence-corrected chi connectivity index (χ4v) is 3.17. The van der Waals surface area contributed by atoms with Crippen LogP contribution in [0.3, 0.4) is 0 Å². The fourth-order valence-electron chi connectivity index (χ4n) is 3.17. The van der Waals surface area contributed by atoms with E-state index in [4.69, 9.17) is 4.52 Å². The van der Waals surface area contributed by atoms with Crippen LogP contribution in [0.1, 0.15) is 48.7 Å². The van der Waals surface area contributed by atoms with Crippen LogP contribution in [0.25, 0.3) is 11.5 Å². The molecule has 5 nitrogen and oxygen atoms in total. The lowest BCUT2D eigenvalue weighted by atomic mass is 10.1. The van der Waals surface area contributed by atoms with Gasteiger partial charge >= 0.3 is 0 Å². The number of fused-ring (bicyclic) bond motifs is 1. The van der Waals surface area contributed by atoms with Crippen molar-refractivity contribution < 1.29 is 4.52 Å². The largest absolute Gasteiger partial charge is 0.366 e. The van der Waals surface area contributed by atoms with E-state index < -0.39 is 0 Å². The molecule has 2 heterocycles. The predicted octanol–water partition coefficient (Wildman–Crippen LogP) is 4.36. The van der Waals surface area contributed by atoms with Crippen molar-refractivity contribution in [1.82, 2.24) is 15.1 Å². The van der Waals surface area contributed by atoms with Gasteiger partial charge in [-0.3, -0.25) is 0 Å². The minimum Gasteiger partial charge on any atom is -0.366 e. The van der Waals surface area contributed by atoms with Gasteiger partial charge in [0.1, 0.15) is 5.82 Å². The van der Waals surface area contributed by atoms with E-state index in [1.807, 2.05) is 26.0 Å².